The summed E-state index contributed by atoms with van der Waals surface area (Å²) in [4.78, 5) is 0. The number of benzene rings is 1. The molecular weight excluding hydrogens is 219 g/mol. The fourth-order valence-corrected chi connectivity index (χ4v) is 1.57. The molecule has 1 N–H and O–H groups in total. The molecule has 0 bridgehead atoms. The molecule has 2 atom stereocenters. The molecule has 0 saturated heterocycles. The Hall–Kier alpha value is -0.190. The van der Waals surface area contributed by atoms with E-state index in [1.54, 1.807) is 12.1 Å². The molecule has 0 heterocycles. The van der Waals surface area contributed by atoms with Crippen molar-refractivity contribution in [3.8, 4) is 0 Å². The maximum atomic E-state index is 12.5. The summed E-state index contributed by atoms with van der Waals surface area (Å²) in [7, 11) is 0. The first kappa shape index (κ1) is 13.8. The summed E-state index contributed by atoms with van der Waals surface area (Å²) in [6, 6.07) is 6.55. The highest BCUT2D eigenvalue weighted by Gasteiger charge is 2.37. The second kappa shape index (κ2) is 5.63. The molecule has 1 aliphatic carbocycles. The molecular formula is C10H15FOS2. The maximum absolute atomic E-state index is 12.5. The molecule has 4 heteroatoms. The van der Waals surface area contributed by atoms with Crippen LogP contribution in [0.4, 0.5) is 4.39 Å². The van der Waals surface area contributed by atoms with E-state index in [1.165, 1.54) is 12.1 Å². The van der Waals surface area contributed by atoms with E-state index in [9.17, 15) is 4.39 Å². The highest BCUT2D eigenvalue weighted by atomic mass is 32.1. The van der Waals surface area contributed by atoms with E-state index in [0.29, 0.717) is 11.8 Å². The first-order chi connectivity index (χ1) is 5.81. The van der Waals surface area contributed by atoms with E-state index < -0.39 is 0 Å². The second-order valence-corrected chi connectivity index (χ2v) is 3.34. The minimum Gasteiger partial charge on any atom is -0.396 e. The second-order valence-electron chi connectivity index (χ2n) is 3.34. The number of rotatable bonds is 2. The van der Waals surface area contributed by atoms with E-state index in [2.05, 4.69) is 0 Å². The monoisotopic (exact) mass is 234 g/mol. The number of halogens is 1. The normalized spacial score (nSPS) is 23.3. The summed E-state index contributed by atoms with van der Waals surface area (Å²) in [6.07, 6.45) is 1.04. The van der Waals surface area contributed by atoms with Crippen LogP contribution in [0.1, 0.15) is 17.9 Å². The highest BCUT2D eigenvalue weighted by molar-refractivity contribution is 7.59. The van der Waals surface area contributed by atoms with Crippen LogP contribution in [-0.2, 0) is 0 Å². The van der Waals surface area contributed by atoms with Gasteiger partial charge in [0.2, 0.25) is 0 Å². The molecule has 0 radical (unpaired) electrons. The van der Waals surface area contributed by atoms with E-state index in [0.717, 1.165) is 12.0 Å². The summed E-state index contributed by atoms with van der Waals surface area (Å²) >= 11 is 0. The average Bonchev–Trinajstić information content (AvgIpc) is 2.85. The fraction of sp³-hybridized carbons (Fsp3) is 0.400. The topological polar surface area (TPSA) is 20.2 Å². The van der Waals surface area contributed by atoms with E-state index >= 15 is 0 Å². The van der Waals surface area contributed by atoms with Crippen LogP contribution < -0.4 is 0 Å². The van der Waals surface area contributed by atoms with Gasteiger partial charge in [0.05, 0.1) is 0 Å². The van der Waals surface area contributed by atoms with Crippen LogP contribution in [0, 0.1) is 11.7 Å². The van der Waals surface area contributed by atoms with Gasteiger partial charge in [-0.3, -0.25) is 0 Å². The lowest BCUT2D eigenvalue weighted by Crippen LogP contribution is -1.88. The Balaban J connectivity index is 0.000000845. The molecule has 0 aliphatic heterocycles. The molecule has 14 heavy (non-hydrogen) atoms. The number of hydrogen-bond acceptors (Lipinski definition) is 1. The van der Waals surface area contributed by atoms with Crippen LogP contribution >= 0.6 is 27.0 Å². The smallest absolute Gasteiger partial charge is 0.123 e. The third kappa shape index (κ3) is 2.90. The lowest BCUT2D eigenvalue weighted by molar-refractivity contribution is 0.274. The van der Waals surface area contributed by atoms with Crippen molar-refractivity contribution in [2.24, 2.45) is 5.92 Å². The van der Waals surface area contributed by atoms with Gasteiger partial charge in [0, 0.05) is 6.61 Å². The van der Waals surface area contributed by atoms with Crippen molar-refractivity contribution in [2.75, 3.05) is 6.61 Å². The molecule has 0 aromatic heterocycles. The molecule has 1 nitrogen and oxygen atoms in total. The lowest BCUT2D eigenvalue weighted by Gasteiger charge is -1.97. The molecule has 0 spiro atoms. The van der Waals surface area contributed by atoms with Crippen LogP contribution in [-0.4, -0.2) is 11.7 Å². The van der Waals surface area contributed by atoms with Gasteiger partial charge in [-0.05, 0) is 36.0 Å². The molecule has 2 rings (SSSR count). The van der Waals surface area contributed by atoms with Crippen molar-refractivity contribution < 1.29 is 9.50 Å². The Labute approximate surface area is 97.2 Å². The lowest BCUT2D eigenvalue weighted by atomic mass is 10.1. The molecule has 1 aromatic carbocycles. The van der Waals surface area contributed by atoms with E-state index in [4.69, 9.17) is 5.11 Å². The molecule has 0 amide bonds. The van der Waals surface area contributed by atoms with Crippen molar-refractivity contribution in [1.29, 1.82) is 0 Å². The van der Waals surface area contributed by atoms with Gasteiger partial charge in [-0.25, -0.2) is 4.39 Å². The zero-order valence-corrected chi connectivity index (χ0v) is 9.70. The molecule has 1 aromatic rings. The van der Waals surface area contributed by atoms with Crippen molar-refractivity contribution in [3.05, 3.63) is 35.6 Å². The standard InChI is InChI=1S/C10H11FO.2H2S/c11-9-3-1-7(2-4-9)10-5-8(10)6-12;;/h1-4,8,10,12H,5-6H2;2*1H2/t8-,10-;;/m1../s1. The van der Waals surface area contributed by atoms with Crippen LogP contribution in [0.25, 0.3) is 0 Å². The zero-order valence-electron chi connectivity index (χ0n) is 7.70. The first-order valence-corrected chi connectivity index (χ1v) is 4.17. The molecule has 0 unspecified atom stereocenters. The van der Waals surface area contributed by atoms with Gasteiger partial charge in [0.25, 0.3) is 0 Å². The molecule has 80 valence electrons. The predicted molar refractivity (Wildman–Crippen MR) is 65.1 cm³/mol. The summed E-state index contributed by atoms with van der Waals surface area (Å²) in [5.74, 6) is 0.686. The summed E-state index contributed by atoms with van der Waals surface area (Å²) < 4.78 is 12.5. The predicted octanol–water partition coefficient (Wildman–Crippen LogP) is 2.15. The van der Waals surface area contributed by atoms with Crippen LogP contribution in [0.2, 0.25) is 0 Å². The Morgan fingerprint density at radius 1 is 1.21 bits per heavy atom. The Morgan fingerprint density at radius 3 is 2.21 bits per heavy atom. The number of aliphatic hydroxyl groups is 1. The van der Waals surface area contributed by atoms with Gasteiger partial charge in [0.15, 0.2) is 0 Å². The largest absolute Gasteiger partial charge is 0.396 e. The van der Waals surface area contributed by atoms with Gasteiger partial charge in [-0.15, -0.1) is 0 Å². The maximum Gasteiger partial charge on any atom is 0.123 e. The van der Waals surface area contributed by atoms with Crippen LogP contribution in [0.15, 0.2) is 24.3 Å². The van der Waals surface area contributed by atoms with Crippen LogP contribution in [0.3, 0.4) is 0 Å². The Kier molecular flexibility index (Phi) is 5.56. The van der Waals surface area contributed by atoms with Crippen LogP contribution in [0.5, 0.6) is 0 Å². The zero-order chi connectivity index (χ0) is 8.55. The number of hydrogen-bond donors (Lipinski definition) is 1. The Bertz CT molecular complexity index is 276. The average molecular weight is 234 g/mol. The Morgan fingerprint density at radius 2 is 1.79 bits per heavy atom. The third-order valence-electron chi connectivity index (χ3n) is 2.46. The van der Waals surface area contributed by atoms with E-state index in [-0.39, 0.29) is 39.4 Å². The SMILES string of the molecule is OC[C@H]1C[C@@H]1c1ccc(F)cc1.S.S. The highest BCUT2D eigenvalue weighted by Crippen LogP contribution is 2.46. The number of aliphatic hydroxyl groups excluding tert-OH is 1. The van der Waals surface area contributed by atoms with E-state index in [1.807, 2.05) is 0 Å². The van der Waals surface area contributed by atoms with Crippen molar-refractivity contribution in [3.63, 3.8) is 0 Å². The summed E-state index contributed by atoms with van der Waals surface area (Å²) in [5.41, 5.74) is 1.15. The van der Waals surface area contributed by atoms with Gasteiger partial charge in [-0.2, -0.15) is 27.0 Å². The molecule has 1 aliphatic rings. The van der Waals surface area contributed by atoms with Crippen molar-refractivity contribution in [1.82, 2.24) is 0 Å². The van der Waals surface area contributed by atoms with Crippen molar-refractivity contribution in [2.45, 2.75) is 12.3 Å². The quantitative estimate of drug-likeness (QED) is 0.831. The van der Waals surface area contributed by atoms with Gasteiger partial charge >= 0.3 is 0 Å². The minimum atomic E-state index is -0.194. The fourth-order valence-electron chi connectivity index (χ4n) is 1.57. The van der Waals surface area contributed by atoms with Crippen molar-refractivity contribution >= 4 is 27.0 Å². The molecule has 1 fully saturated rings. The minimum absolute atomic E-state index is 0. The summed E-state index contributed by atoms with van der Waals surface area (Å²) in [6.45, 7) is 0.252. The van der Waals surface area contributed by atoms with Gasteiger partial charge in [0.1, 0.15) is 5.82 Å². The first-order valence-electron chi connectivity index (χ1n) is 4.17. The third-order valence-corrected chi connectivity index (χ3v) is 2.46. The van der Waals surface area contributed by atoms with Gasteiger partial charge in [-0.1, -0.05) is 12.1 Å². The van der Waals surface area contributed by atoms with Gasteiger partial charge < -0.3 is 5.11 Å². The summed E-state index contributed by atoms with van der Waals surface area (Å²) in [5, 5.41) is 8.82. The molecule has 1 saturated carbocycles.